The van der Waals surface area contributed by atoms with Gasteiger partial charge in [0, 0.05) is 24.5 Å². The second kappa shape index (κ2) is 11.7. The zero-order valence-electron chi connectivity index (χ0n) is 19.8. The SMILES string of the molecule is COCc1nn(Cc2ccc(Cn3cc(C)cn3)cc2)cc1C(=O)NCCOc1cccc(Cl)c1. The number of nitrogens with zero attached hydrogens (tertiary/aromatic N) is 4. The average Bonchev–Trinajstić information content (AvgIpc) is 3.43. The summed E-state index contributed by atoms with van der Waals surface area (Å²) in [6.07, 6.45) is 5.62. The molecule has 35 heavy (non-hydrogen) atoms. The van der Waals surface area contributed by atoms with Crippen molar-refractivity contribution in [1.29, 1.82) is 0 Å². The lowest BCUT2D eigenvalue weighted by Gasteiger charge is -2.08. The zero-order valence-corrected chi connectivity index (χ0v) is 20.5. The topological polar surface area (TPSA) is 83.2 Å². The van der Waals surface area contributed by atoms with Crippen LogP contribution in [0.1, 0.15) is 32.7 Å². The van der Waals surface area contributed by atoms with Crippen molar-refractivity contribution in [2.45, 2.75) is 26.6 Å². The van der Waals surface area contributed by atoms with Crippen molar-refractivity contribution in [2.75, 3.05) is 20.3 Å². The second-order valence-corrected chi connectivity index (χ2v) is 8.65. The summed E-state index contributed by atoms with van der Waals surface area (Å²) in [5, 5.41) is 12.4. The molecular weight excluding hydrogens is 466 g/mol. The van der Waals surface area contributed by atoms with E-state index in [9.17, 15) is 4.79 Å². The molecule has 9 heteroatoms. The number of benzene rings is 2. The first-order valence-corrected chi connectivity index (χ1v) is 11.7. The largest absolute Gasteiger partial charge is 0.492 e. The minimum atomic E-state index is -0.220. The highest BCUT2D eigenvalue weighted by atomic mass is 35.5. The number of ether oxygens (including phenoxy) is 2. The van der Waals surface area contributed by atoms with Gasteiger partial charge in [-0.3, -0.25) is 14.2 Å². The quantitative estimate of drug-likeness (QED) is 0.318. The fourth-order valence-electron chi connectivity index (χ4n) is 3.64. The molecule has 0 saturated heterocycles. The van der Waals surface area contributed by atoms with Gasteiger partial charge in [0.2, 0.25) is 0 Å². The first kappa shape index (κ1) is 24.5. The smallest absolute Gasteiger partial charge is 0.254 e. The molecule has 1 amide bonds. The number of methoxy groups -OCH3 is 1. The van der Waals surface area contributed by atoms with Crippen molar-refractivity contribution in [1.82, 2.24) is 24.9 Å². The summed E-state index contributed by atoms with van der Waals surface area (Å²) in [6, 6.07) is 15.4. The van der Waals surface area contributed by atoms with Crippen LogP contribution in [0.25, 0.3) is 0 Å². The summed E-state index contributed by atoms with van der Waals surface area (Å²) >= 11 is 5.96. The van der Waals surface area contributed by atoms with Crippen LogP contribution in [0.4, 0.5) is 0 Å². The fourth-order valence-corrected chi connectivity index (χ4v) is 3.82. The van der Waals surface area contributed by atoms with Crippen LogP contribution >= 0.6 is 11.6 Å². The second-order valence-electron chi connectivity index (χ2n) is 8.21. The van der Waals surface area contributed by atoms with Crippen LogP contribution in [-0.2, 0) is 24.4 Å². The first-order valence-electron chi connectivity index (χ1n) is 11.3. The molecule has 0 bridgehead atoms. The van der Waals surface area contributed by atoms with Gasteiger partial charge in [-0.2, -0.15) is 10.2 Å². The Kier molecular flexibility index (Phi) is 8.18. The number of halogens is 1. The van der Waals surface area contributed by atoms with E-state index in [1.807, 2.05) is 36.1 Å². The van der Waals surface area contributed by atoms with Crippen LogP contribution < -0.4 is 10.1 Å². The molecule has 0 radical (unpaired) electrons. The number of aromatic nitrogens is 4. The van der Waals surface area contributed by atoms with E-state index in [0.29, 0.717) is 41.7 Å². The molecule has 0 fully saturated rings. The van der Waals surface area contributed by atoms with Gasteiger partial charge in [-0.1, -0.05) is 41.9 Å². The number of aryl methyl sites for hydroxylation is 1. The lowest BCUT2D eigenvalue weighted by Crippen LogP contribution is -2.28. The number of hydrogen-bond acceptors (Lipinski definition) is 5. The summed E-state index contributed by atoms with van der Waals surface area (Å²) in [6.45, 7) is 4.21. The van der Waals surface area contributed by atoms with Gasteiger partial charge in [-0.25, -0.2) is 0 Å². The van der Waals surface area contributed by atoms with E-state index < -0.39 is 0 Å². The van der Waals surface area contributed by atoms with Crippen LogP contribution in [-0.4, -0.2) is 45.7 Å². The average molecular weight is 494 g/mol. The van der Waals surface area contributed by atoms with Crippen LogP contribution in [0, 0.1) is 6.92 Å². The Hall–Kier alpha value is -3.62. The van der Waals surface area contributed by atoms with Crippen LogP contribution in [0.5, 0.6) is 5.75 Å². The molecule has 4 aromatic rings. The molecule has 0 spiro atoms. The molecule has 0 aliphatic heterocycles. The van der Waals surface area contributed by atoms with Crippen molar-refractivity contribution in [3.8, 4) is 5.75 Å². The molecule has 4 rings (SSSR count). The summed E-state index contributed by atoms with van der Waals surface area (Å²) in [5.74, 6) is 0.438. The van der Waals surface area contributed by atoms with Crippen LogP contribution in [0.3, 0.4) is 0 Å². The molecule has 0 saturated carbocycles. The van der Waals surface area contributed by atoms with Crippen LogP contribution in [0.2, 0.25) is 5.02 Å². The van der Waals surface area contributed by atoms with E-state index in [1.54, 1.807) is 30.1 Å². The lowest BCUT2D eigenvalue weighted by molar-refractivity contribution is 0.0942. The summed E-state index contributed by atoms with van der Waals surface area (Å²) in [4.78, 5) is 12.8. The number of hydrogen-bond donors (Lipinski definition) is 1. The highest BCUT2D eigenvalue weighted by Crippen LogP contribution is 2.17. The molecule has 0 aliphatic carbocycles. The molecule has 2 aromatic heterocycles. The molecule has 2 aromatic carbocycles. The summed E-state index contributed by atoms with van der Waals surface area (Å²) in [7, 11) is 1.58. The maximum atomic E-state index is 12.8. The standard InChI is InChI=1S/C26H28ClN5O3/c1-19-13-29-31(14-19)15-20-6-8-21(9-7-20)16-32-17-24(25(30-32)18-34-2)26(33)28-10-11-35-23-5-3-4-22(27)12-23/h3-9,12-14,17H,10-11,15-16,18H2,1-2H3,(H,28,33). The van der Waals surface area contributed by atoms with Gasteiger partial charge in [0.1, 0.15) is 18.1 Å². The highest BCUT2D eigenvalue weighted by Gasteiger charge is 2.16. The van der Waals surface area contributed by atoms with E-state index in [4.69, 9.17) is 21.1 Å². The molecule has 1 N–H and O–H groups in total. The molecule has 8 nitrogen and oxygen atoms in total. The third kappa shape index (κ3) is 6.94. The highest BCUT2D eigenvalue weighted by molar-refractivity contribution is 6.30. The maximum Gasteiger partial charge on any atom is 0.254 e. The number of carbonyl (C=O) groups excluding carboxylic acids is 1. The Balaban J connectivity index is 1.34. The number of amides is 1. The first-order chi connectivity index (χ1) is 17.0. The van der Waals surface area contributed by atoms with Gasteiger partial charge in [0.25, 0.3) is 5.91 Å². The van der Waals surface area contributed by atoms with Gasteiger partial charge in [0.05, 0.1) is 38.0 Å². The van der Waals surface area contributed by atoms with Crippen molar-refractivity contribution in [3.05, 3.63) is 100 Å². The van der Waals surface area contributed by atoms with Crippen molar-refractivity contribution >= 4 is 17.5 Å². The fraction of sp³-hybridized carbons (Fsp3) is 0.269. The minimum absolute atomic E-state index is 0.220. The number of carbonyl (C=O) groups is 1. The van der Waals surface area contributed by atoms with Crippen LogP contribution in [0.15, 0.2) is 67.1 Å². The predicted octanol–water partition coefficient (Wildman–Crippen LogP) is 4.09. The van der Waals surface area contributed by atoms with Gasteiger partial charge < -0.3 is 14.8 Å². The Bertz CT molecular complexity index is 1270. The molecular formula is C26H28ClN5O3. The molecule has 182 valence electrons. The van der Waals surface area contributed by atoms with E-state index in [-0.39, 0.29) is 12.5 Å². The third-order valence-electron chi connectivity index (χ3n) is 5.29. The monoisotopic (exact) mass is 493 g/mol. The Labute approximate surface area is 209 Å². The predicted molar refractivity (Wildman–Crippen MR) is 134 cm³/mol. The molecule has 2 heterocycles. The van der Waals surface area contributed by atoms with E-state index >= 15 is 0 Å². The minimum Gasteiger partial charge on any atom is -0.492 e. The Morgan fingerprint density at radius 2 is 1.80 bits per heavy atom. The summed E-state index contributed by atoms with van der Waals surface area (Å²) < 4.78 is 14.6. The Morgan fingerprint density at radius 3 is 2.46 bits per heavy atom. The van der Waals surface area contributed by atoms with Gasteiger partial charge in [0.15, 0.2) is 0 Å². The molecule has 0 aliphatic rings. The lowest BCUT2D eigenvalue weighted by atomic mass is 10.1. The molecule has 0 unspecified atom stereocenters. The molecule has 0 atom stereocenters. The van der Waals surface area contributed by atoms with E-state index in [2.05, 4.69) is 39.8 Å². The van der Waals surface area contributed by atoms with Gasteiger partial charge >= 0.3 is 0 Å². The normalized spacial score (nSPS) is 10.9. The van der Waals surface area contributed by atoms with Crippen molar-refractivity contribution in [2.24, 2.45) is 0 Å². The maximum absolute atomic E-state index is 12.8. The zero-order chi connectivity index (χ0) is 24.6. The number of rotatable bonds is 11. The Morgan fingerprint density at radius 1 is 1.06 bits per heavy atom. The van der Waals surface area contributed by atoms with E-state index in [0.717, 1.165) is 23.2 Å². The van der Waals surface area contributed by atoms with Crippen molar-refractivity contribution < 1.29 is 14.3 Å². The van der Waals surface area contributed by atoms with Gasteiger partial charge in [-0.05, 0) is 41.8 Å². The number of nitrogens with one attached hydrogen (secondary N) is 1. The summed E-state index contributed by atoms with van der Waals surface area (Å²) in [5.41, 5.74) is 4.46. The third-order valence-corrected chi connectivity index (χ3v) is 5.53. The van der Waals surface area contributed by atoms with E-state index in [1.165, 1.54) is 0 Å². The van der Waals surface area contributed by atoms with Crippen molar-refractivity contribution in [3.63, 3.8) is 0 Å². The van der Waals surface area contributed by atoms with Gasteiger partial charge in [-0.15, -0.1) is 0 Å².